The third-order valence-electron chi connectivity index (χ3n) is 2.01. The van der Waals surface area contributed by atoms with Crippen molar-refractivity contribution in [1.82, 2.24) is 0 Å². The molecule has 2 rings (SSSR count). The molecule has 0 N–H and O–H groups in total. The van der Waals surface area contributed by atoms with Gasteiger partial charge in [0.05, 0.1) is 19.2 Å². The molecule has 0 radical (unpaired) electrons. The van der Waals surface area contributed by atoms with Crippen LogP contribution >= 0.6 is 0 Å². The predicted molar refractivity (Wildman–Crippen MR) is 46.0 cm³/mol. The Hall–Kier alpha value is -0.550. The van der Waals surface area contributed by atoms with Gasteiger partial charge < -0.3 is 19.4 Å². The number of carbonyl (C=O) groups is 1. The maximum Gasteiger partial charge on any atom is 1.00 e. The molecule has 0 aliphatic carbocycles. The summed E-state index contributed by atoms with van der Waals surface area (Å²) in [7, 11) is 0. The van der Waals surface area contributed by atoms with Crippen LogP contribution in [0.25, 0.3) is 0 Å². The van der Waals surface area contributed by atoms with Crippen LogP contribution in [-0.2, 0) is 4.74 Å². The van der Waals surface area contributed by atoms with Crippen LogP contribution in [0.5, 0.6) is 5.75 Å². The summed E-state index contributed by atoms with van der Waals surface area (Å²) in [5.74, 6) is -0.873. The fraction of sp³-hybridized carbons (Fsp3) is 0.300. The van der Waals surface area contributed by atoms with E-state index in [1.807, 2.05) is 0 Å². The van der Waals surface area contributed by atoms with Crippen molar-refractivity contribution in [3.8, 4) is 5.75 Å². The standard InChI is InChI=1S/C10H10O4.Na/c11-10(12)8-3-1-2-4-9(8)14-7-5-13-6-7;/h1-4,7H,5-6H2,(H,11,12);/q;+1/p-1. The minimum absolute atomic E-state index is 0. The SMILES string of the molecule is O=C([O-])c1ccccc1OC1COC1.[Na+]. The zero-order valence-corrected chi connectivity index (χ0v) is 10.4. The van der Waals surface area contributed by atoms with Crippen molar-refractivity contribution in [2.75, 3.05) is 13.2 Å². The van der Waals surface area contributed by atoms with E-state index in [-0.39, 0.29) is 41.2 Å². The van der Waals surface area contributed by atoms with Gasteiger partial charge in [0.2, 0.25) is 0 Å². The van der Waals surface area contributed by atoms with Crippen LogP contribution < -0.4 is 39.4 Å². The second-order valence-electron chi connectivity index (χ2n) is 3.06. The predicted octanol–water partition coefficient (Wildman–Crippen LogP) is -3.17. The van der Waals surface area contributed by atoms with Crippen molar-refractivity contribution in [1.29, 1.82) is 0 Å². The summed E-state index contributed by atoms with van der Waals surface area (Å²) in [6, 6.07) is 6.43. The summed E-state index contributed by atoms with van der Waals surface area (Å²) in [4.78, 5) is 10.7. The quantitative estimate of drug-likeness (QED) is 0.500. The Balaban J connectivity index is 0.00000112. The molecular weight excluding hydrogens is 207 g/mol. The maximum atomic E-state index is 10.7. The van der Waals surface area contributed by atoms with Crippen LogP contribution in [0, 0.1) is 0 Å². The van der Waals surface area contributed by atoms with Gasteiger partial charge in [0.1, 0.15) is 11.9 Å². The summed E-state index contributed by atoms with van der Waals surface area (Å²) >= 11 is 0. The summed E-state index contributed by atoms with van der Waals surface area (Å²) in [6.07, 6.45) is -0.0319. The fourth-order valence-electron chi connectivity index (χ4n) is 1.20. The van der Waals surface area contributed by atoms with Gasteiger partial charge in [0.15, 0.2) is 0 Å². The van der Waals surface area contributed by atoms with Crippen molar-refractivity contribution >= 4 is 5.97 Å². The molecule has 0 atom stereocenters. The molecule has 5 heteroatoms. The first-order valence-electron chi connectivity index (χ1n) is 4.32. The van der Waals surface area contributed by atoms with Crippen molar-refractivity contribution in [3.63, 3.8) is 0 Å². The van der Waals surface area contributed by atoms with Crippen LogP contribution in [0.4, 0.5) is 0 Å². The monoisotopic (exact) mass is 216 g/mol. The van der Waals surface area contributed by atoms with Gasteiger partial charge in [-0.2, -0.15) is 0 Å². The van der Waals surface area contributed by atoms with Gasteiger partial charge in [-0.05, 0) is 12.1 Å². The van der Waals surface area contributed by atoms with Gasteiger partial charge in [-0.15, -0.1) is 0 Å². The van der Waals surface area contributed by atoms with Crippen molar-refractivity contribution in [3.05, 3.63) is 29.8 Å². The van der Waals surface area contributed by atoms with Crippen LogP contribution in [0.15, 0.2) is 24.3 Å². The topological polar surface area (TPSA) is 58.6 Å². The second kappa shape index (κ2) is 5.51. The Morgan fingerprint density at radius 2 is 2.07 bits per heavy atom. The molecule has 1 aromatic rings. The molecule has 0 spiro atoms. The van der Waals surface area contributed by atoms with Gasteiger partial charge in [-0.3, -0.25) is 0 Å². The first kappa shape index (κ1) is 12.5. The van der Waals surface area contributed by atoms with E-state index in [1.165, 1.54) is 6.07 Å². The average Bonchev–Trinajstić information content (AvgIpc) is 2.12. The van der Waals surface area contributed by atoms with E-state index in [2.05, 4.69) is 0 Å². The molecule has 74 valence electrons. The number of para-hydroxylation sites is 1. The number of ether oxygens (including phenoxy) is 2. The van der Waals surface area contributed by atoms with Crippen molar-refractivity contribution < 1.29 is 48.9 Å². The average molecular weight is 216 g/mol. The number of hydrogen-bond donors (Lipinski definition) is 0. The van der Waals surface area contributed by atoms with Gasteiger partial charge >= 0.3 is 29.6 Å². The number of rotatable bonds is 3. The van der Waals surface area contributed by atoms with Gasteiger partial charge in [0.25, 0.3) is 0 Å². The molecule has 1 fully saturated rings. The third kappa shape index (κ3) is 2.95. The summed E-state index contributed by atoms with van der Waals surface area (Å²) in [6.45, 7) is 1.03. The van der Waals surface area contributed by atoms with Crippen LogP contribution in [0.3, 0.4) is 0 Å². The zero-order chi connectivity index (χ0) is 9.97. The Kier molecular flexibility index (Phi) is 4.60. The van der Waals surface area contributed by atoms with Gasteiger partial charge in [-0.25, -0.2) is 0 Å². The fourth-order valence-corrected chi connectivity index (χ4v) is 1.20. The molecule has 15 heavy (non-hydrogen) atoms. The molecular formula is C10H9NaO4. The smallest absolute Gasteiger partial charge is 0.545 e. The van der Waals surface area contributed by atoms with Gasteiger partial charge in [0, 0.05) is 5.56 Å². The Labute approximate surface area is 109 Å². The zero-order valence-electron chi connectivity index (χ0n) is 8.43. The second-order valence-corrected chi connectivity index (χ2v) is 3.06. The normalized spacial score (nSPS) is 14.9. The molecule has 1 saturated heterocycles. The maximum absolute atomic E-state index is 10.7. The van der Waals surface area contributed by atoms with E-state index >= 15 is 0 Å². The van der Waals surface area contributed by atoms with E-state index in [0.29, 0.717) is 19.0 Å². The minimum Gasteiger partial charge on any atom is -0.545 e. The van der Waals surface area contributed by atoms with E-state index in [9.17, 15) is 9.90 Å². The Morgan fingerprint density at radius 3 is 2.60 bits per heavy atom. The van der Waals surface area contributed by atoms with Crippen LogP contribution in [-0.4, -0.2) is 25.3 Å². The Bertz CT molecular complexity index is 349. The third-order valence-corrected chi connectivity index (χ3v) is 2.01. The molecule has 4 nitrogen and oxygen atoms in total. The van der Waals surface area contributed by atoms with Crippen molar-refractivity contribution in [2.24, 2.45) is 0 Å². The Morgan fingerprint density at radius 1 is 1.40 bits per heavy atom. The van der Waals surface area contributed by atoms with Crippen LogP contribution in [0.1, 0.15) is 10.4 Å². The molecule has 1 aromatic carbocycles. The number of carbonyl (C=O) groups excluding carboxylic acids is 1. The number of benzene rings is 1. The number of aromatic carboxylic acids is 1. The molecule has 1 heterocycles. The van der Waals surface area contributed by atoms with E-state index in [1.54, 1.807) is 18.2 Å². The van der Waals surface area contributed by atoms with E-state index in [0.717, 1.165) is 0 Å². The molecule has 0 saturated carbocycles. The first-order chi connectivity index (χ1) is 6.77. The molecule has 1 aliphatic rings. The number of carboxylic acid groups (broad SMARTS) is 1. The summed E-state index contributed by atoms with van der Waals surface area (Å²) in [5, 5.41) is 10.7. The van der Waals surface area contributed by atoms with E-state index < -0.39 is 5.97 Å². The van der Waals surface area contributed by atoms with Crippen molar-refractivity contribution in [2.45, 2.75) is 6.10 Å². The largest absolute Gasteiger partial charge is 1.00 e. The number of hydrogen-bond acceptors (Lipinski definition) is 4. The van der Waals surface area contributed by atoms with E-state index in [4.69, 9.17) is 9.47 Å². The molecule has 1 aliphatic heterocycles. The molecule has 0 bridgehead atoms. The molecule has 0 amide bonds. The summed E-state index contributed by atoms with van der Waals surface area (Å²) < 4.78 is 10.3. The summed E-state index contributed by atoms with van der Waals surface area (Å²) in [5.41, 5.74) is 0.0828. The molecule has 0 aromatic heterocycles. The molecule has 0 unspecified atom stereocenters. The number of carboxylic acids is 1. The van der Waals surface area contributed by atoms with Gasteiger partial charge in [-0.1, -0.05) is 12.1 Å². The minimum atomic E-state index is -1.22. The first-order valence-corrected chi connectivity index (χ1v) is 4.32. The van der Waals surface area contributed by atoms with Crippen LogP contribution in [0.2, 0.25) is 0 Å².